The van der Waals surface area contributed by atoms with Crippen LogP contribution >= 0.6 is 11.8 Å². The van der Waals surface area contributed by atoms with Gasteiger partial charge >= 0.3 is 0 Å². The molecular weight excluding hydrogens is 273 g/mol. The van der Waals surface area contributed by atoms with Gasteiger partial charge in [0.2, 0.25) is 0 Å². The minimum absolute atomic E-state index is 0.199. The van der Waals surface area contributed by atoms with Crippen molar-refractivity contribution >= 4 is 11.8 Å². The molecule has 0 radical (unpaired) electrons. The van der Waals surface area contributed by atoms with Crippen molar-refractivity contribution in [3.63, 3.8) is 0 Å². The number of phenolic OH excluding ortho intramolecular Hbond substituents is 1. The standard InChI is InChI=1S/C16H18FNOS/c1-18-14(9-12-5-7-15(19)8-6-12)11-20-16-4-2-3-13(17)10-16/h2-8,10,14,18-19H,9,11H2,1H3. The van der Waals surface area contributed by atoms with Crippen molar-refractivity contribution in [1.82, 2.24) is 5.32 Å². The third-order valence-corrected chi connectivity index (χ3v) is 4.23. The Balaban J connectivity index is 1.90. The van der Waals surface area contributed by atoms with Crippen LogP contribution in [0.25, 0.3) is 0 Å². The average Bonchev–Trinajstić information content (AvgIpc) is 2.45. The maximum Gasteiger partial charge on any atom is 0.124 e. The SMILES string of the molecule is CNC(CSc1cccc(F)c1)Cc1ccc(O)cc1. The van der Waals surface area contributed by atoms with E-state index in [4.69, 9.17) is 0 Å². The van der Waals surface area contributed by atoms with Crippen molar-refractivity contribution in [2.24, 2.45) is 0 Å². The van der Waals surface area contributed by atoms with Crippen molar-refractivity contribution in [2.45, 2.75) is 17.4 Å². The van der Waals surface area contributed by atoms with Gasteiger partial charge in [0.05, 0.1) is 0 Å². The van der Waals surface area contributed by atoms with Gasteiger partial charge in [-0.15, -0.1) is 11.8 Å². The highest BCUT2D eigenvalue weighted by Gasteiger charge is 2.08. The highest BCUT2D eigenvalue weighted by atomic mass is 32.2. The van der Waals surface area contributed by atoms with E-state index >= 15 is 0 Å². The van der Waals surface area contributed by atoms with Crippen molar-refractivity contribution in [3.05, 3.63) is 59.9 Å². The summed E-state index contributed by atoms with van der Waals surface area (Å²) in [7, 11) is 1.93. The summed E-state index contributed by atoms with van der Waals surface area (Å²) in [6.07, 6.45) is 0.874. The maximum absolute atomic E-state index is 13.1. The normalized spacial score (nSPS) is 12.3. The molecule has 0 saturated carbocycles. The molecular formula is C16H18FNOS. The van der Waals surface area contributed by atoms with Crippen LogP contribution in [-0.2, 0) is 6.42 Å². The first-order chi connectivity index (χ1) is 9.67. The number of nitrogens with one attached hydrogen (secondary N) is 1. The van der Waals surface area contributed by atoms with E-state index in [2.05, 4.69) is 5.32 Å². The molecule has 1 unspecified atom stereocenters. The smallest absolute Gasteiger partial charge is 0.124 e. The number of rotatable bonds is 6. The monoisotopic (exact) mass is 291 g/mol. The molecule has 2 aromatic carbocycles. The molecule has 0 spiro atoms. The second-order valence-corrected chi connectivity index (χ2v) is 5.72. The largest absolute Gasteiger partial charge is 0.508 e. The molecule has 2 rings (SSSR count). The Morgan fingerprint density at radius 2 is 1.95 bits per heavy atom. The Kier molecular flexibility index (Phi) is 5.44. The molecule has 2 N–H and O–H groups in total. The number of halogens is 1. The minimum atomic E-state index is -0.199. The molecule has 4 heteroatoms. The Bertz CT molecular complexity index is 544. The van der Waals surface area contributed by atoms with Gasteiger partial charge < -0.3 is 10.4 Å². The molecule has 2 aromatic rings. The predicted octanol–water partition coefficient (Wildman–Crippen LogP) is 3.45. The van der Waals surface area contributed by atoms with E-state index in [0.717, 1.165) is 17.1 Å². The number of thioether (sulfide) groups is 1. The van der Waals surface area contributed by atoms with Gasteiger partial charge in [-0.2, -0.15) is 0 Å². The average molecular weight is 291 g/mol. The van der Waals surface area contributed by atoms with Crippen LogP contribution in [0.15, 0.2) is 53.4 Å². The van der Waals surface area contributed by atoms with Gasteiger partial charge in [0.15, 0.2) is 0 Å². The fourth-order valence-corrected chi connectivity index (χ4v) is 2.96. The number of likely N-dealkylation sites (N-methyl/N-ethyl adjacent to an activating group) is 1. The fourth-order valence-electron chi connectivity index (χ4n) is 1.91. The molecule has 1 atom stereocenters. The zero-order chi connectivity index (χ0) is 14.4. The molecule has 0 heterocycles. The Labute approximate surface area is 123 Å². The topological polar surface area (TPSA) is 32.3 Å². The van der Waals surface area contributed by atoms with Gasteiger partial charge in [0.1, 0.15) is 11.6 Å². The number of benzene rings is 2. The van der Waals surface area contributed by atoms with Gasteiger partial charge in [-0.25, -0.2) is 4.39 Å². The fraction of sp³-hybridized carbons (Fsp3) is 0.250. The third-order valence-electron chi connectivity index (χ3n) is 3.07. The molecule has 0 amide bonds. The zero-order valence-corrected chi connectivity index (χ0v) is 12.2. The first kappa shape index (κ1) is 14.9. The van der Waals surface area contributed by atoms with Crippen molar-refractivity contribution < 1.29 is 9.50 Å². The summed E-state index contributed by atoms with van der Waals surface area (Å²) in [6.45, 7) is 0. The molecule has 0 aliphatic heterocycles. The van der Waals surface area contributed by atoms with Crippen LogP contribution in [0.1, 0.15) is 5.56 Å². The van der Waals surface area contributed by atoms with Crippen molar-refractivity contribution in [1.29, 1.82) is 0 Å². The van der Waals surface area contributed by atoms with Crippen molar-refractivity contribution in [3.8, 4) is 5.75 Å². The highest BCUT2D eigenvalue weighted by molar-refractivity contribution is 7.99. The maximum atomic E-state index is 13.1. The molecule has 20 heavy (non-hydrogen) atoms. The predicted molar refractivity (Wildman–Crippen MR) is 81.8 cm³/mol. The molecule has 0 aliphatic rings. The van der Waals surface area contributed by atoms with Gasteiger partial charge in [0.25, 0.3) is 0 Å². The van der Waals surface area contributed by atoms with Crippen LogP contribution in [0.3, 0.4) is 0 Å². The minimum Gasteiger partial charge on any atom is -0.508 e. The molecule has 0 bridgehead atoms. The second-order valence-electron chi connectivity index (χ2n) is 4.62. The van der Waals surface area contributed by atoms with E-state index in [1.54, 1.807) is 36.0 Å². The van der Waals surface area contributed by atoms with Gasteiger partial charge in [-0.1, -0.05) is 18.2 Å². The number of hydrogen-bond donors (Lipinski definition) is 2. The first-order valence-electron chi connectivity index (χ1n) is 6.51. The number of hydrogen-bond acceptors (Lipinski definition) is 3. The second kappa shape index (κ2) is 7.31. The summed E-state index contributed by atoms with van der Waals surface area (Å²) in [4.78, 5) is 0.941. The highest BCUT2D eigenvalue weighted by Crippen LogP contribution is 2.21. The number of phenols is 1. The summed E-state index contributed by atoms with van der Waals surface area (Å²) in [5.41, 5.74) is 1.17. The van der Waals surface area contributed by atoms with E-state index in [9.17, 15) is 9.50 Å². The van der Waals surface area contributed by atoms with E-state index in [0.29, 0.717) is 6.04 Å². The summed E-state index contributed by atoms with van der Waals surface area (Å²) in [5.74, 6) is 0.944. The van der Waals surface area contributed by atoms with Crippen LogP contribution in [0, 0.1) is 5.82 Å². The zero-order valence-electron chi connectivity index (χ0n) is 11.3. The lowest BCUT2D eigenvalue weighted by Gasteiger charge is -2.16. The molecule has 106 valence electrons. The van der Waals surface area contributed by atoms with Crippen LogP contribution in [0.2, 0.25) is 0 Å². The van der Waals surface area contributed by atoms with Crippen LogP contribution in [0.5, 0.6) is 5.75 Å². The lowest BCUT2D eigenvalue weighted by Crippen LogP contribution is -2.30. The molecule has 2 nitrogen and oxygen atoms in total. The Morgan fingerprint density at radius 3 is 2.60 bits per heavy atom. The van der Waals surface area contributed by atoms with E-state index < -0.39 is 0 Å². The Hall–Kier alpha value is -1.52. The molecule has 0 saturated heterocycles. The number of aromatic hydroxyl groups is 1. The molecule has 0 fully saturated rings. The van der Waals surface area contributed by atoms with Gasteiger partial charge in [-0.05, 0) is 49.4 Å². The lowest BCUT2D eigenvalue weighted by atomic mass is 10.1. The van der Waals surface area contributed by atoms with Crippen LogP contribution < -0.4 is 5.32 Å². The van der Waals surface area contributed by atoms with Gasteiger partial charge in [-0.3, -0.25) is 0 Å². The summed E-state index contributed by atoms with van der Waals surface area (Å²) in [6, 6.07) is 14.2. The Morgan fingerprint density at radius 1 is 1.20 bits per heavy atom. The first-order valence-corrected chi connectivity index (χ1v) is 7.49. The van der Waals surface area contributed by atoms with E-state index in [-0.39, 0.29) is 11.6 Å². The quantitative estimate of drug-likeness (QED) is 0.800. The molecule has 0 aromatic heterocycles. The third kappa shape index (κ3) is 4.54. The van der Waals surface area contributed by atoms with Gasteiger partial charge in [0, 0.05) is 16.7 Å². The lowest BCUT2D eigenvalue weighted by molar-refractivity contribution is 0.475. The summed E-state index contributed by atoms with van der Waals surface area (Å²) >= 11 is 1.64. The summed E-state index contributed by atoms with van der Waals surface area (Å²) in [5, 5.41) is 12.5. The van der Waals surface area contributed by atoms with Crippen molar-refractivity contribution in [2.75, 3.05) is 12.8 Å². The van der Waals surface area contributed by atoms with Crippen LogP contribution in [-0.4, -0.2) is 23.9 Å². The van der Waals surface area contributed by atoms with Crippen LogP contribution in [0.4, 0.5) is 4.39 Å². The van der Waals surface area contributed by atoms with E-state index in [1.807, 2.05) is 25.2 Å². The van der Waals surface area contributed by atoms with E-state index in [1.165, 1.54) is 11.6 Å². The summed E-state index contributed by atoms with van der Waals surface area (Å²) < 4.78 is 13.1. The molecule has 0 aliphatic carbocycles.